The smallest absolute Gasteiger partial charge is 0.426 e. The molecular weight excluding hydrogens is 308 g/mol. The number of aromatic amines is 1. The van der Waals surface area contributed by atoms with Crippen LogP contribution in [0.5, 0.6) is 0 Å². The number of benzene rings is 1. The first-order valence-electron chi connectivity index (χ1n) is 6.55. The summed E-state index contributed by atoms with van der Waals surface area (Å²) in [6.45, 7) is 1.91. The molecule has 22 heavy (non-hydrogen) atoms. The van der Waals surface area contributed by atoms with E-state index in [-0.39, 0.29) is 12.3 Å². The number of amides is 2. The molecule has 116 valence electrons. The van der Waals surface area contributed by atoms with Crippen LogP contribution in [0.2, 0.25) is 5.02 Å². The molecule has 0 saturated carbocycles. The molecule has 1 aromatic heterocycles. The molecule has 0 aliphatic rings. The van der Waals surface area contributed by atoms with Crippen LogP contribution in [0.1, 0.15) is 21.7 Å². The Morgan fingerprint density at radius 3 is 2.77 bits per heavy atom. The number of carbonyl (C=O) groups is 2. The van der Waals surface area contributed by atoms with Crippen molar-refractivity contribution in [2.45, 2.75) is 13.3 Å². The van der Waals surface area contributed by atoms with E-state index in [1.165, 1.54) is 0 Å². The van der Waals surface area contributed by atoms with Crippen molar-refractivity contribution in [2.24, 2.45) is 0 Å². The molecule has 3 N–H and O–H groups in total. The lowest BCUT2D eigenvalue weighted by molar-refractivity contribution is 0.0905. The minimum Gasteiger partial charge on any atom is -0.448 e. The summed E-state index contributed by atoms with van der Waals surface area (Å²) >= 11 is 5.99. The lowest BCUT2D eigenvalue weighted by atomic mass is 10.2. The van der Waals surface area contributed by atoms with Crippen molar-refractivity contribution in [3.8, 4) is 0 Å². The first kappa shape index (κ1) is 15.8. The zero-order valence-corrected chi connectivity index (χ0v) is 12.6. The fourth-order valence-corrected chi connectivity index (χ4v) is 1.93. The third-order valence-corrected chi connectivity index (χ3v) is 3.15. The number of aryl methyl sites for hydroxylation is 1. The highest BCUT2D eigenvalue weighted by Crippen LogP contribution is 2.15. The second-order valence-electron chi connectivity index (χ2n) is 4.49. The van der Waals surface area contributed by atoms with Crippen LogP contribution in [-0.2, 0) is 11.2 Å². The predicted octanol–water partition coefficient (Wildman–Crippen LogP) is 1.99. The number of nitrogens with zero attached hydrogens (tertiary/aromatic N) is 1. The van der Waals surface area contributed by atoms with Gasteiger partial charge in [-0.25, -0.2) is 10.2 Å². The lowest BCUT2D eigenvalue weighted by Crippen LogP contribution is -2.42. The quantitative estimate of drug-likeness (QED) is 0.750. The van der Waals surface area contributed by atoms with E-state index in [0.29, 0.717) is 11.4 Å². The van der Waals surface area contributed by atoms with Gasteiger partial charge in [0, 0.05) is 17.1 Å². The standard InChI is InChI=1S/C14H15ClN4O3/c1-9-8-12(17-16-9)13(20)18-19-14(21)22-7-6-10-4-2-3-5-11(10)15/h2-5,8H,6-7H2,1H3,(H,16,17)(H,18,20)(H,19,21). The average molecular weight is 323 g/mol. The number of nitrogens with one attached hydrogen (secondary N) is 3. The summed E-state index contributed by atoms with van der Waals surface area (Å²) in [7, 11) is 0. The highest BCUT2D eigenvalue weighted by atomic mass is 35.5. The monoisotopic (exact) mass is 322 g/mol. The maximum Gasteiger partial charge on any atom is 0.426 e. The molecular formula is C14H15ClN4O3. The van der Waals surface area contributed by atoms with E-state index in [0.717, 1.165) is 11.3 Å². The van der Waals surface area contributed by atoms with E-state index in [9.17, 15) is 9.59 Å². The summed E-state index contributed by atoms with van der Waals surface area (Å²) in [5.41, 5.74) is 6.14. The molecule has 1 heterocycles. The number of carbonyl (C=O) groups excluding carboxylic acids is 2. The van der Waals surface area contributed by atoms with Crippen LogP contribution in [0, 0.1) is 6.92 Å². The van der Waals surface area contributed by atoms with Crippen LogP contribution in [-0.4, -0.2) is 28.8 Å². The first-order valence-corrected chi connectivity index (χ1v) is 6.92. The summed E-state index contributed by atoms with van der Waals surface area (Å²) in [6.07, 6.45) is -0.271. The third-order valence-electron chi connectivity index (χ3n) is 2.78. The Morgan fingerprint density at radius 1 is 1.32 bits per heavy atom. The van der Waals surface area contributed by atoms with Crippen molar-refractivity contribution in [1.82, 2.24) is 21.0 Å². The number of hydrogen-bond donors (Lipinski definition) is 3. The van der Waals surface area contributed by atoms with E-state index in [1.807, 2.05) is 18.2 Å². The number of ether oxygens (including phenoxy) is 1. The van der Waals surface area contributed by atoms with Gasteiger partial charge in [0.2, 0.25) is 0 Å². The number of rotatable bonds is 4. The maximum atomic E-state index is 11.6. The van der Waals surface area contributed by atoms with Crippen molar-refractivity contribution in [1.29, 1.82) is 0 Å². The van der Waals surface area contributed by atoms with Crippen molar-refractivity contribution in [2.75, 3.05) is 6.61 Å². The summed E-state index contributed by atoms with van der Waals surface area (Å²) < 4.78 is 4.94. The Hall–Kier alpha value is -2.54. The zero-order chi connectivity index (χ0) is 15.9. The van der Waals surface area contributed by atoms with E-state index in [2.05, 4.69) is 21.0 Å². The van der Waals surface area contributed by atoms with Crippen LogP contribution >= 0.6 is 11.6 Å². The SMILES string of the molecule is Cc1cc(C(=O)NNC(=O)OCCc2ccccc2Cl)n[nH]1. The van der Waals surface area contributed by atoms with Gasteiger partial charge >= 0.3 is 6.09 Å². The van der Waals surface area contributed by atoms with Gasteiger partial charge in [0.25, 0.3) is 5.91 Å². The molecule has 0 atom stereocenters. The molecule has 0 bridgehead atoms. The van der Waals surface area contributed by atoms with E-state index >= 15 is 0 Å². The minimum atomic E-state index is -0.757. The number of hydrazine groups is 1. The number of hydrogen-bond acceptors (Lipinski definition) is 4. The molecule has 0 unspecified atom stereocenters. The molecule has 7 nitrogen and oxygen atoms in total. The molecule has 0 aliphatic heterocycles. The average Bonchev–Trinajstić information content (AvgIpc) is 2.93. The van der Waals surface area contributed by atoms with Gasteiger partial charge in [-0.2, -0.15) is 5.10 Å². The van der Waals surface area contributed by atoms with Crippen LogP contribution < -0.4 is 10.9 Å². The summed E-state index contributed by atoms with van der Waals surface area (Å²) in [5.74, 6) is -0.535. The van der Waals surface area contributed by atoms with Gasteiger partial charge in [-0.3, -0.25) is 15.3 Å². The Morgan fingerprint density at radius 2 is 2.09 bits per heavy atom. The second-order valence-corrected chi connectivity index (χ2v) is 4.90. The highest BCUT2D eigenvalue weighted by Gasteiger charge is 2.10. The lowest BCUT2D eigenvalue weighted by Gasteiger charge is -2.08. The van der Waals surface area contributed by atoms with Crippen LogP contribution in [0.4, 0.5) is 4.79 Å². The number of halogens is 1. The second kappa shape index (κ2) is 7.46. The Labute approximate surface area is 132 Å². The van der Waals surface area contributed by atoms with Crippen molar-refractivity contribution in [3.63, 3.8) is 0 Å². The van der Waals surface area contributed by atoms with Crippen molar-refractivity contribution >= 4 is 23.6 Å². The molecule has 0 aliphatic carbocycles. The molecule has 2 rings (SSSR count). The molecule has 0 radical (unpaired) electrons. The highest BCUT2D eigenvalue weighted by molar-refractivity contribution is 6.31. The summed E-state index contributed by atoms with van der Waals surface area (Å²) in [4.78, 5) is 23.1. The maximum absolute atomic E-state index is 11.6. The molecule has 0 spiro atoms. The van der Waals surface area contributed by atoms with Gasteiger partial charge < -0.3 is 4.74 Å². The van der Waals surface area contributed by atoms with Gasteiger partial charge in [-0.1, -0.05) is 29.8 Å². The van der Waals surface area contributed by atoms with Crippen LogP contribution in [0.3, 0.4) is 0 Å². The van der Waals surface area contributed by atoms with Crippen molar-refractivity contribution in [3.05, 3.63) is 52.3 Å². The number of aromatic nitrogens is 2. The van der Waals surface area contributed by atoms with Gasteiger partial charge in [0.15, 0.2) is 5.69 Å². The van der Waals surface area contributed by atoms with Gasteiger partial charge in [-0.15, -0.1) is 0 Å². The van der Waals surface area contributed by atoms with Gasteiger partial charge in [0.05, 0.1) is 6.61 Å². The fraction of sp³-hybridized carbons (Fsp3) is 0.214. The topological polar surface area (TPSA) is 96.1 Å². The van der Waals surface area contributed by atoms with E-state index in [1.54, 1.807) is 19.1 Å². The predicted molar refractivity (Wildman–Crippen MR) is 80.4 cm³/mol. The van der Waals surface area contributed by atoms with Gasteiger partial charge in [0.1, 0.15) is 0 Å². The molecule has 8 heteroatoms. The summed E-state index contributed by atoms with van der Waals surface area (Å²) in [5, 5.41) is 7.01. The molecule has 1 aromatic carbocycles. The molecule has 0 saturated heterocycles. The van der Waals surface area contributed by atoms with Crippen LogP contribution in [0.25, 0.3) is 0 Å². The Kier molecular flexibility index (Phi) is 5.37. The Bertz CT molecular complexity index is 672. The van der Waals surface area contributed by atoms with Gasteiger partial charge in [-0.05, 0) is 24.6 Å². The third kappa shape index (κ3) is 4.49. The van der Waals surface area contributed by atoms with Crippen molar-refractivity contribution < 1.29 is 14.3 Å². The molecule has 0 fully saturated rings. The zero-order valence-electron chi connectivity index (χ0n) is 11.9. The first-order chi connectivity index (χ1) is 10.6. The van der Waals surface area contributed by atoms with E-state index < -0.39 is 12.0 Å². The fourth-order valence-electron chi connectivity index (χ4n) is 1.70. The Balaban J connectivity index is 1.70. The number of H-pyrrole nitrogens is 1. The normalized spacial score (nSPS) is 10.1. The summed E-state index contributed by atoms with van der Waals surface area (Å²) in [6, 6.07) is 8.85. The molecule has 2 aromatic rings. The largest absolute Gasteiger partial charge is 0.448 e. The van der Waals surface area contributed by atoms with Crippen LogP contribution in [0.15, 0.2) is 30.3 Å². The molecule has 2 amide bonds. The van der Waals surface area contributed by atoms with E-state index in [4.69, 9.17) is 16.3 Å². The minimum absolute atomic E-state index is 0.146.